The van der Waals surface area contributed by atoms with E-state index < -0.39 is 0 Å². The van der Waals surface area contributed by atoms with Gasteiger partial charge in [0, 0.05) is 37.8 Å². The molecule has 1 aliphatic heterocycles. The number of piperidine rings is 1. The number of imidazole rings is 1. The highest BCUT2D eigenvalue weighted by Gasteiger charge is 2.40. The molecule has 5 rings (SSSR count). The summed E-state index contributed by atoms with van der Waals surface area (Å²) in [5.41, 5.74) is 9.81. The largest absolute Gasteiger partial charge is 0.354 e. The van der Waals surface area contributed by atoms with E-state index in [-0.39, 0.29) is 5.54 Å². The van der Waals surface area contributed by atoms with E-state index in [2.05, 4.69) is 69.4 Å². The molecule has 0 amide bonds. The Morgan fingerprint density at radius 1 is 0.906 bits per heavy atom. The zero-order chi connectivity index (χ0) is 21.8. The van der Waals surface area contributed by atoms with E-state index in [1.54, 1.807) is 0 Å². The van der Waals surface area contributed by atoms with Crippen molar-refractivity contribution in [2.24, 2.45) is 5.73 Å². The van der Waals surface area contributed by atoms with Crippen LogP contribution >= 0.6 is 0 Å². The number of nitrogens with one attached hydrogen (secondary N) is 1. The molecule has 2 aromatic carbocycles. The van der Waals surface area contributed by atoms with Crippen LogP contribution in [0.25, 0.3) is 11.0 Å². The fourth-order valence-electron chi connectivity index (χ4n) is 6.12. The standard InChI is InChI=1S/C27H37N5/c28-18-19-29-26-30-24-12-6-7-13-25(24)32(26)23-14-20-31(21-15-23)27(16-8-1-2-9-17-27)22-10-4-3-5-11-22/h3-7,10-13,23H,1-2,8-9,14-21,28H2,(H,29,30). The molecule has 1 aromatic heterocycles. The Morgan fingerprint density at radius 3 is 2.31 bits per heavy atom. The van der Waals surface area contributed by atoms with Gasteiger partial charge >= 0.3 is 0 Å². The van der Waals surface area contributed by atoms with Gasteiger partial charge in [-0.05, 0) is 43.4 Å². The van der Waals surface area contributed by atoms with Crippen molar-refractivity contribution in [3.63, 3.8) is 0 Å². The maximum Gasteiger partial charge on any atom is 0.204 e. The van der Waals surface area contributed by atoms with Crippen LogP contribution in [0.3, 0.4) is 0 Å². The highest BCUT2D eigenvalue weighted by molar-refractivity contribution is 5.78. The van der Waals surface area contributed by atoms with Gasteiger partial charge in [0.2, 0.25) is 5.95 Å². The number of fused-ring (bicyclic) bond motifs is 1. The van der Waals surface area contributed by atoms with Crippen LogP contribution in [0.1, 0.15) is 63.0 Å². The maximum atomic E-state index is 5.78. The molecular weight excluding hydrogens is 394 g/mol. The molecule has 0 atom stereocenters. The summed E-state index contributed by atoms with van der Waals surface area (Å²) >= 11 is 0. The van der Waals surface area contributed by atoms with Crippen molar-refractivity contribution >= 4 is 17.0 Å². The predicted octanol–water partition coefficient (Wildman–Crippen LogP) is 5.29. The molecule has 0 unspecified atom stereocenters. The number of nitrogens with zero attached hydrogens (tertiary/aromatic N) is 3. The lowest BCUT2D eigenvalue weighted by Gasteiger charge is -2.48. The van der Waals surface area contributed by atoms with Gasteiger partial charge in [0.1, 0.15) is 0 Å². The molecule has 3 aromatic rings. The second kappa shape index (κ2) is 9.63. The zero-order valence-corrected chi connectivity index (χ0v) is 19.2. The van der Waals surface area contributed by atoms with E-state index in [9.17, 15) is 0 Å². The third-order valence-electron chi connectivity index (χ3n) is 7.70. The molecule has 0 bridgehead atoms. The fourth-order valence-corrected chi connectivity index (χ4v) is 6.12. The number of hydrogen-bond donors (Lipinski definition) is 2. The minimum Gasteiger partial charge on any atom is -0.354 e. The first-order chi connectivity index (χ1) is 15.8. The lowest BCUT2D eigenvalue weighted by molar-refractivity contribution is 0.0362. The van der Waals surface area contributed by atoms with Gasteiger partial charge in [-0.3, -0.25) is 4.90 Å². The summed E-state index contributed by atoms with van der Waals surface area (Å²) < 4.78 is 2.45. The quantitative estimate of drug-likeness (QED) is 0.521. The van der Waals surface area contributed by atoms with E-state index in [4.69, 9.17) is 10.7 Å². The number of anilines is 1. The van der Waals surface area contributed by atoms with Crippen molar-refractivity contribution in [2.45, 2.75) is 62.9 Å². The Balaban J connectivity index is 1.41. The molecule has 1 aliphatic carbocycles. The minimum atomic E-state index is 0.209. The number of benzene rings is 2. The Hall–Kier alpha value is -2.37. The second-order valence-electron chi connectivity index (χ2n) is 9.54. The van der Waals surface area contributed by atoms with Gasteiger partial charge in [-0.25, -0.2) is 4.98 Å². The Morgan fingerprint density at radius 2 is 1.59 bits per heavy atom. The average molecular weight is 432 g/mol. The summed E-state index contributed by atoms with van der Waals surface area (Å²) in [6.07, 6.45) is 10.3. The van der Waals surface area contributed by atoms with Crippen LogP contribution in [0.4, 0.5) is 5.95 Å². The minimum absolute atomic E-state index is 0.209. The van der Waals surface area contributed by atoms with Crippen LogP contribution in [0.15, 0.2) is 54.6 Å². The average Bonchev–Trinajstić information content (AvgIpc) is 3.03. The first-order valence-corrected chi connectivity index (χ1v) is 12.5. The van der Waals surface area contributed by atoms with Gasteiger partial charge in [0.25, 0.3) is 0 Å². The molecular formula is C27H37N5. The third kappa shape index (κ3) is 4.04. The van der Waals surface area contributed by atoms with Crippen molar-refractivity contribution in [3.8, 4) is 0 Å². The Labute approximate surface area is 192 Å². The summed E-state index contributed by atoms with van der Waals surface area (Å²) in [5, 5.41) is 3.48. The normalized spacial score (nSPS) is 20.3. The van der Waals surface area contributed by atoms with Gasteiger partial charge < -0.3 is 15.6 Å². The summed E-state index contributed by atoms with van der Waals surface area (Å²) in [7, 11) is 0. The van der Waals surface area contributed by atoms with Crippen LogP contribution in [0.5, 0.6) is 0 Å². The van der Waals surface area contributed by atoms with Gasteiger partial charge in [-0.15, -0.1) is 0 Å². The van der Waals surface area contributed by atoms with Crippen LogP contribution in [0.2, 0.25) is 0 Å². The van der Waals surface area contributed by atoms with Crippen molar-refractivity contribution < 1.29 is 0 Å². The van der Waals surface area contributed by atoms with E-state index in [1.807, 2.05) is 0 Å². The molecule has 1 saturated heterocycles. The molecule has 2 heterocycles. The molecule has 170 valence electrons. The van der Waals surface area contributed by atoms with Gasteiger partial charge in [0.05, 0.1) is 11.0 Å². The van der Waals surface area contributed by atoms with Crippen molar-refractivity contribution in [2.75, 3.05) is 31.5 Å². The number of rotatable bonds is 6. The van der Waals surface area contributed by atoms with Gasteiger partial charge in [-0.2, -0.15) is 0 Å². The number of hydrogen-bond acceptors (Lipinski definition) is 4. The highest BCUT2D eigenvalue weighted by Crippen LogP contribution is 2.44. The molecule has 3 N–H and O–H groups in total. The van der Waals surface area contributed by atoms with E-state index in [1.165, 1.54) is 49.6 Å². The molecule has 0 spiro atoms. The van der Waals surface area contributed by atoms with Crippen molar-refractivity contribution in [3.05, 3.63) is 60.2 Å². The summed E-state index contributed by atoms with van der Waals surface area (Å²) in [6.45, 7) is 3.64. The highest BCUT2D eigenvalue weighted by atomic mass is 15.3. The molecule has 5 heteroatoms. The predicted molar refractivity (Wildman–Crippen MR) is 133 cm³/mol. The summed E-state index contributed by atoms with van der Waals surface area (Å²) in [4.78, 5) is 7.72. The molecule has 32 heavy (non-hydrogen) atoms. The van der Waals surface area contributed by atoms with E-state index in [0.717, 1.165) is 43.9 Å². The van der Waals surface area contributed by atoms with E-state index in [0.29, 0.717) is 12.6 Å². The lowest BCUT2D eigenvalue weighted by atomic mass is 9.79. The lowest BCUT2D eigenvalue weighted by Crippen LogP contribution is -2.50. The van der Waals surface area contributed by atoms with Gasteiger partial charge in [-0.1, -0.05) is 68.1 Å². The SMILES string of the molecule is NCCNc1nc2ccccc2n1C1CCN(C2(c3ccccc3)CCCCCC2)CC1. The zero-order valence-electron chi connectivity index (χ0n) is 19.2. The molecule has 5 nitrogen and oxygen atoms in total. The third-order valence-corrected chi connectivity index (χ3v) is 7.70. The number of nitrogens with two attached hydrogens (primary N) is 1. The Kier molecular flexibility index (Phi) is 6.47. The maximum absolute atomic E-state index is 5.78. The van der Waals surface area contributed by atoms with E-state index >= 15 is 0 Å². The van der Waals surface area contributed by atoms with Crippen LogP contribution in [-0.4, -0.2) is 40.6 Å². The number of para-hydroxylation sites is 2. The van der Waals surface area contributed by atoms with Crippen LogP contribution in [-0.2, 0) is 5.54 Å². The Bertz CT molecular complexity index is 995. The molecule has 2 aliphatic rings. The monoisotopic (exact) mass is 431 g/mol. The second-order valence-corrected chi connectivity index (χ2v) is 9.54. The molecule has 0 radical (unpaired) electrons. The first-order valence-electron chi connectivity index (χ1n) is 12.5. The smallest absolute Gasteiger partial charge is 0.204 e. The van der Waals surface area contributed by atoms with Crippen molar-refractivity contribution in [1.82, 2.24) is 14.5 Å². The number of aromatic nitrogens is 2. The first kappa shape index (κ1) is 21.5. The van der Waals surface area contributed by atoms with Crippen LogP contribution < -0.4 is 11.1 Å². The van der Waals surface area contributed by atoms with Gasteiger partial charge in [0.15, 0.2) is 0 Å². The molecule has 1 saturated carbocycles. The fraction of sp³-hybridized carbons (Fsp3) is 0.519. The summed E-state index contributed by atoms with van der Waals surface area (Å²) in [5.74, 6) is 0.974. The summed E-state index contributed by atoms with van der Waals surface area (Å²) in [6, 6.07) is 20.3. The topological polar surface area (TPSA) is 59.1 Å². The van der Waals surface area contributed by atoms with Crippen molar-refractivity contribution in [1.29, 1.82) is 0 Å². The number of likely N-dealkylation sites (tertiary alicyclic amines) is 1. The van der Waals surface area contributed by atoms with Crippen LogP contribution in [0, 0.1) is 0 Å². The molecule has 2 fully saturated rings.